The smallest absolute Gasteiger partial charge is 0.143 e. The van der Waals surface area contributed by atoms with E-state index in [-0.39, 0.29) is 5.82 Å². The molecule has 4 heteroatoms. The van der Waals surface area contributed by atoms with E-state index in [0.29, 0.717) is 6.17 Å². The number of rotatable bonds is 2. The van der Waals surface area contributed by atoms with E-state index in [2.05, 4.69) is 15.2 Å². The van der Waals surface area contributed by atoms with Gasteiger partial charge in [-0.05, 0) is 26.3 Å². The quantitative estimate of drug-likeness (QED) is 0.804. The summed E-state index contributed by atoms with van der Waals surface area (Å²) < 4.78 is 13.0. The molecule has 1 fully saturated rings. The van der Waals surface area contributed by atoms with Crippen LogP contribution in [0.15, 0.2) is 18.5 Å². The molecule has 2 heterocycles. The van der Waals surface area contributed by atoms with Crippen molar-refractivity contribution in [2.45, 2.75) is 25.4 Å². The van der Waals surface area contributed by atoms with E-state index < -0.39 is 0 Å². The Kier molecular flexibility index (Phi) is 3.16. The Labute approximate surface area is 89.3 Å². The average Bonchev–Trinajstić information content (AvgIpc) is 2.29. The van der Waals surface area contributed by atoms with Crippen molar-refractivity contribution in [3.8, 4) is 0 Å². The molecule has 1 atom stereocenters. The lowest BCUT2D eigenvalue weighted by molar-refractivity contribution is 0.417. The predicted molar refractivity (Wildman–Crippen MR) is 58.2 cm³/mol. The van der Waals surface area contributed by atoms with Crippen molar-refractivity contribution >= 4 is 5.69 Å². The molecular formula is C11H16FN3. The number of hydrogen-bond donors (Lipinski definition) is 1. The summed E-state index contributed by atoms with van der Waals surface area (Å²) in [5.74, 6) is -0.270. The standard InChI is InChI=1S/C11H16FN3/c1-13-11-4-2-3-5-15(11)10-6-9(12)7-14-8-10/h6-8,11,13H,2-5H2,1H3. The Morgan fingerprint density at radius 1 is 1.47 bits per heavy atom. The first kappa shape index (κ1) is 10.4. The van der Waals surface area contributed by atoms with Gasteiger partial charge in [-0.25, -0.2) is 4.39 Å². The number of piperidine rings is 1. The molecule has 15 heavy (non-hydrogen) atoms. The molecule has 0 aliphatic carbocycles. The van der Waals surface area contributed by atoms with Gasteiger partial charge in [0.25, 0.3) is 0 Å². The summed E-state index contributed by atoms with van der Waals surface area (Å²) >= 11 is 0. The normalized spacial score (nSPS) is 21.7. The highest BCUT2D eigenvalue weighted by Gasteiger charge is 2.21. The van der Waals surface area contributed by atoms with Crippen molar-refractivity contribution in [3.05, 3.63) is 24.3 Å². The fourth-order valence-electron chi connectivity index (χ4n) is 2.10. The van der Waals surface area contributed by atoms with Gasteiger partial charge in [-0.15, -0.1) is 0 Å². The first-order chi connectivity index (χ1) is 7.31. The second kappa shape index (κ2) is 4.57. The zero-order valence-corrected chi connectivity index (χ0v) is 8.91. The maximum Gasteiger partial charge on any atom is 0.143 e. The monoisotopic (exact) mass is 209 g/mol. The van der Waals surface area contributed by atoms with Crippen molar-refractivity contribution in [1.82, 2.24) is 10.3 Å². The number of halogens is 1. The number of pyridine rings is 1. The van der Waals surface area contributed by atoms with Crippen molar-refractivity contribution < 1.29 is 4.39 Å². The van der Waals surface area contributed by atoms with E-state index in [1.807, 2.05) is 7.05 Å². The van der Waals surface area contributed by atoms with Gasteiger partial charge in [0, 0.05) is 12.6 Å². The summed E-state index contributed by atoms with van der Waals surface area (Å²) in [7, 11) is 1.94. The molecule has 1 N–H and O–H groups in total. The Bertz CT molecular complexity index is 329. The molecule has 0 bridgehead atoms. The lowest BCUT2D eigenvalue weighted by Crippen LogP contribution is -2.47. The maximum atomic E-state index is 13.0. The second-order valence-corrected chi connectivity index (χ2v) is 3.86. The van der Waals surface area contributed by atoms with Gasteiger partial charge >= 0.3 is 0 Å². The van der Waals surface area contributed by atoms with E-state index in [0.717, 1.165) is 25.1 Å². The van der Waals surface area contributed by atoms with Gasteiger partial charge in [-0.2, -0.15) is 0 Å². The van der Waals surface area contributed by atoms with Crippen LogP contribution in [0.5, 0.6) is 0 Å². The van der Waals surface area contributed by atoms with Crippen molar-refractivity contribution in [2.75, 3.05) is 18.5 Å². The van der Waals surface area contributed by atoms with Crippen LogP contribution in [0.2, 0.25) is 0 Å². The lowest BCUT2D eigenvalue weighted by atomic mass is 10.1. The molecule has 2 rings (SSSR count). The average molecular weight is 209 g/mol. The fraction of sp³-hybridized carbons (Fsp3) is 0.545. The first-order valence-corrected chi connectivity index (χ1v) is 5.36. The molecule has 1 aromatic rings. The van der Waals surface area contributed by atoms with Crippen LogP contribution in [-0.4, -0.2) is 24.7 Å². The van der Waals surface area contributed by atoms with E-state index in [1.54, 1.807) is 12.3 Å². The molecule has 0 amide bonds. The number of nitrogens with zero attached hydrogens (tertiary/aromatic N) is 2. The highest BCUT2D eigenvalue weighted by atomic mass is 19.1. The van der Waals surface area contributed by atoms with Gasteiger partial charge < -0.3 is 10.2 Å². The van der Waals surface area contributed by atoms with Crippen LogP contribution < -0.4 is 10.2 Å². The van der Waals surface area contributed by atoms with Crippen molar-refractivity contribution in [1.29, 1.82) is 0 Å². The second-order valence-electron chi connectivity index (χ2n) is 3.86. The van der Waals surface area contributed by atoms with Crippen LogP contribution in [0.25, 0.3) is 0 Å². The van der Waals surface area contributed by atoms with Gasteiger partial charge in [-0.1, -0.05) is 0 Å². The molecule has 0 spiro atoms. The van der Waals surface area contributed by atoms with Gasteiger partial charge in [0.2, 0.25) is 0 Å². The van der Waals surface area contributed by atoms with Crippen LogP contribution in [0.4, 0.5) is 10.1 Å². The Hall–Kier alpha value is -1.16. The molecule has 1 saturated heterocycles. The number of nitrogens with one attached hydrogen (secondary N) is 1. The molecule has 0 aromatic carbocycles. The van der Waals surface area contributed by atoms with E-state index in [9.17, 15) is 4.39 Å². The van der Waals surface area contributed by atoms with Crippen LogP contribution in [0.3, 0.4) is 0 Å². The molecule has 82 valence electrons. The molecule has 0 radical (unpaired) electrons. The highest BCUT2D eigenvalue weighted by molar-refractivity contribution is 5.45. The van der Waals surface area contributed by atoms with Crippen molar-refractivity contribution in [3.63, 3.8) is 0 Å². The number of hydrogen-bond acceptors (Lipinski definition) is 3. The van der Waals surface area contributed by atoms with Gasteiger partial charge in [-0.3, -0.25) is 4.98 Å². The predicted octanol–water partition coefficient (Wildman–Crippen LogP) is 1.76. The summed E-state index contributed by atoms with van der Waals surface area (Å²) in [5.41, 5.74) is 0.869. The molecular weight excluding hydrogens is 193 g/mol. The van der Waals surface area contributed by atoms with Crippen LogP contribution in [-0.2, 0) is 0 Å². The lowest BCUT2D eigenvalue weighted by Gasteiger charge is -2.37. The maximum absolute atomic E-state index is 13.0. The summed E-state index contributed by atoms with van der Waals surface area (Å²) in [6.07, 6.45) is 6.76. The summed E-state index contributed by atoms with van der Waals surface area (Å²) in [6, 6.07) is 1.54. The Morgan fingerprint density at radius 3 is 3.07 bits per heavy atom. The largest absolute Gasteiger partial charge is 0.355 e. The van der Waals surface area contributed by atoms with Crippen LogP contribution in [0.1, 0.15) is 19.3 Å². The Morgan fingerprint density at radius 2 is 2.33 bits per heavy atom. The first-order valence-electron chi connectivity index (χ1n) is 5.36. The van der Waals surface area contributed by atoms with Crippen LogP contribution in [0, 0.1) is 5.82 Å². The van der Waals surface area contributed by atoms with E-state index in [1.165, 1.54) is 12.6 Å². The number of aromatic nitrogens is 1. The molecule has 1 aliphatic heterocycles. The number of anilines is 1. The highest BCUT2D eigenvalue weighted by Crippen LogP contribution is 2.22. The van der Waals surface area contributed by atoms with Gasteiger partial charge in [0.1, 0.15) is 5.82 Å². The molecule has 1 aliphatic rings. The zero-order valence-electron chi connectivity index (χ0n) is 8.91. The summed E-state index contributed by atoms with van der Waals surface area (Å²) in [5, 5.41) is 3.25. The zero-order chi connectivity index (χ0) is 10.7. The minimum atomic E-state index is -0.270. The molecule has 1 unspecified atom stereocenters. The van der Waals surface area contributed by atoms with E-state index >= 15 is 0 Å². The summed E-state index contributed by atoms with van der Waals surface area (Å²) in [4.78, 5) is 6.06. The van der Waals surface area contributed by atoms with Gasteiger partial charge in [0.15, 0.2) is 0 Å². The molecule has 0 saturated carbocycles. The third-order valence-electron chi connectivity index (χ3n) is 2.86. The topological polar surface area (TPSA) is 28.2 Å². The van der Waals surface area contributed by atoms with E-state index in [4.69, 9.17) is 0 Å². The minimum Gasteiger partial charge on any atom is -0.355 e. The van der Waals surface area contributed by atoms with Crippen molar-refractivity contribution in [2.24, 2.45) is 0 Å². The summed E-state index contributed by atoms with van der Waals surface area (Å²) in [6.45, 7) is 0.969. The fourth-order valence-corrected chi connectivity index (χ4v) is 2.10. The molecule has 1 aromatic heterocycles. The third kappa shape index (κ3) is 2.26. The minimum absolute atomic E-state index is 0.270. The Balaban J connectivity index is 2.20. The third-order valence-corrected chi connectivity index (χ3v) is 2.86. The van der Waals surface area contributed by atoms with Crippen LogP contribution >= 0.6 is 0 Å². The molecule has 3 nitrogen and oxygen atoms in total. The SMILES string of the molecule is CNC1CCCCN1c1cncc(F)c1. The van der Waals surface area contributed by atoms with Gasteiger partial charge in [0.05, 0.1) is 24.2 Å².